The maximum absolute atomic E-state index is 12.3. The molecule has 0 saturated carbocycles. The Morgan fingerprint density at radius 1 is 1.37 bits per heavy atom. The highest BCUT2D eigenvalue weighted by Crippen LogP contribution is 2.18. The summed E-state index contributed by atoms with van der Waals surface area (Å²) in [6.45, 7) is 6.73. The lowest BCUT2D eigenvalue weighted by atomic mass is 10.3. The highest BCUT2D eigenvalue weighted by molar-refractivity contribution is 14.0. The first-order valence-electron chi connectivity index (χ1n) is 9.57. The van der Waals surface area contributed by atoms with Gasteiger partial charge < -0.3 is 19.8 Å². The number of hydrogen-bond acceptors (Lipinski definition) is 8. The first kappa shape index (κ1) is 25.0. The molecule has 2 N–H and O–H groups in total. The van der Waals surface area contributed by atoms with Gasteiger partial charge in [-0.1, -0.05) is 11.2 Å². The summed E-state index contributed by atoms with van der Waals surface area (Å²) in [5.74, 6) is 0.364. The molecule has 1 fully saturated rings. The summed E-state index contributed by atoms with van der Waals surface area (Å²) in [4.78, 5) is 8.90. The summed E-state index contributed by atoms with van der Waals surface area (Å²) in [7, 11) is -3.49. The summed E-state index contributed by atoms with van der Waals surface area (Å²) >= 11 is 1.16. The summed E-state index contributed by atoms with van der Waals surface area (Å²) in [6.07, 6.45) is 0.523. The van der Waals surface area contributed by atoms with E-state index >= 15 is 0 Å². The quantitative estimate of drug-likeness (QED) is 0.278. The zero-order valence-electron chi connectivity index (χ0n) is 16.8. The van der Waals surface area contributed by atoms with Gasteiger partial charge in [0.2, 0.25) is 0 Å². The Morgan fingerprint density at radius 2 is 2.13 bits per heavy atom. The minimum absolute atomic E-state index is 0. The van der Waals surface area contributed by atoms with Crippen LogP contribution in [-0.4, -0.2) is 85.6 Å². The van der Waals surface area contributed by atoms with E-state index < -0.39 is 15.9 Å². The van der Waals surface area contributed by atoms with Gasteiger partial charge in [0.1, 0.15) is 10.5 Å². The van der Waals surface area contributed by atoms with Crippen LogP contribution in [-0.2, 0) is 16.4 Å². The van der Waals surface area contributed by atoms with Gasteiger partial charge in [-0.15, -0.1) is 35.3 Å². The van der Waals surface area contributed by atoms with Gasteiger partial charge in [0, 0.05) is 45.3 Å². The van der Waals surface area contributed by atoms with E-state index in [1.165, 1.54) is 0 Å². The molecule has 1 unspecified atom stereocenters. The van der Waals surface area contributed by atoms with Gasteiger partial charge in [-0.25, -0.2) is 8.42 Å². The molecule has 12 heteroatoms. The van der Waals surface area contributed by atoms with E-state index in [0.717, 1.165) is 49.8 Å². The van der Waals surface area contributed by atoms with Crippen LogP contribution in [0.15, 0.2) is 43.6 Å². The Balaban J connectivity index is 0.00000320. The molecule has 168 valence electrons. The molecule has 1 atom stereocenters. The normalized spacial score (nSPS) is 16.9. The van der Waals surface area contributed by atoms with Crippen molar-refractivity contribution in [2.24, 2.45) is 4.99 Å². The number of hydrogen-bond donors (Lipinski definition) is 2. The van der Waals surface area contributed by atoms with Gasteiger partial charge in [-0.3, -0.25) is 9.89 Å². The van der Waals surface area contributed by atoms with Gasteiger partial charge in [0.25, 0.3) is 0 Å². The SMILES string of the molecule is CCNC(=NCC(O)CS(=O)(=O)c1cccs1)N1CCN(Cc2ccon2)CC1.I. The van der Waals surface area contributed by atoms with E-state index in [9.17, 15) is 13.5 Å². The summed E-state index contributed by atoms with van der Waals surface area (Å²) in [6, 6.07) is 5.11. The summed E-state index contributed by atoms with van der Waals surface area (Å²) in [5.41, 5.74) is 0.911. The van der Waals surface area contributed by atoms with Crippen molar-refractivity contribution in [1.82, 2.24) is 20.3 Å². The largest absolute Gasteiger partial charge is 0.390 e. The lowest BCUT2D eigenvalue weighted by Crippen LogP contribution is -2.52. The van der Waals surface area contributed by atoms with Crippen molar-refractivity contribution in [3.63, 3.8) is 0 Å². The number of aromatic nitrogens is 1. The van der Waals surface area contributed by atoms with Crippen LogP contribution in [0.2, 0.25) is 0 Å². The number of aliphatic hydroxyl groups excluding tert-OH is 1. The molecule has 0 radical (unpaired) electrons. The maximum Gasteiger partial charge on any atom is 0.194 e. The van der Waals surface area contributed by atoms with Crippen LogP contribution in [0.4, 0.5) is 0 Å². The molecule has 9 nitrogen and oxygen atoms in total. The number of aliphatic hydroxyl groups is 1. The molecule has 0 bridgehead atoms. The van der Waals surface area contributed by atoms with E-state index in [-0.39, 0.29) is 40.5 Å². The molecule has 0 amide bonds. The van der Waals surface area contributed by atoms with Gasteiger partial charge in [-0.05, 0) is 18.4 Å². The number of halogens is 1. The highest BCUT2D eigenvalue weighted by Gasteiger charge is 2.23. The Morgan fingerprint density at radius 3 is 2.73 bits per heavy atom. The molecule has 1 aliphatic rings. The molecule has 0 aliphatic carbocycles. The van der Waals surface area contributed by atoms with Crippen molar-refractivity contribution in [1.29, 1.82) is 0 Å². The first-order chi connectivity index (χ1) is 14.0. The molecular weight excluding hydrogens is 541 g/mol. The van der Waals surface area contributed by atoms with E-state index in [0.29, 0.717) is 12.5 Å². The van der Waals surface area contributed by atoms with Crippen molar-refractivity contribution in [2.45, 2.75) is 23.8 Å². The van der Waals surface area contributed by atoms with Crippen molar-refractivity contribution < 1.29 is 18.0 Å². The molecule has 2 aromatic rings. The standard InChI is InChI=1S/C18H27N5O4S2.HI/c1-2-19-18(20-12-16(24)14-29(25,26)17-4-3-11-28-17)23-8-6-22(7-9-23)13-15-5-10-27-21-15;/h3-5,10-11,16,24H,2,6-9,12-14H2,1H3,(H,19,20);1H. The van der Waals surface area contributed by atoms with Gasteiger partial charge in [0.05, 0.1) is 24.1 Å². The Bertz CT molecular complexity index is 867. The molecule has 0 spiro atoms. The fourth-order valence-electron chi connectivity index (χ4n) is 3.11. The number of piperazine rings is 1. The average Bonchev–Trinajstić information content (AvgIpc) is 3.40. The van der Waals surface area contributed by atoms with E-state index in [1.807, 2.05) is 13.0 Å². The fraction of sp³-hybridized carbons (Fsp3) is 0.556. The second-order valence-electron chi connectivity index (χ2n) is 6.82. The number of sulfone groups is 1. The van der Waals surface area contributed by atoms with Crippen LogP contribution < -0.4 is 5.32 Å². The van der Waals surface area contributed by atoms with Crippen LogP contribution >= 0.6 is 35.3 Å². The Labute approximate surface area is 198 Å². The van der Waals surface area contributed by atoms with Gasteiger partial charge in [0.15, 0.2) is 15.8 Å². The molecule has 0 aromatic carbocycles. The van der Waals surface area contributed by atoms with Crippen LogP contribution in [0.1, 0.15) is 12.6 Å². The lowest BCUT2D eigenvalue weighted by molar-refractivity contribution is 0.167. The molecule has 3 heterocycles. The van der Waals surface area contributed by atoms with Crippen molar-refractivity contribution in [3.05, 3.63) is 35.5 Å². The van der Waals surface area contributed by atoms with Crippen molar-refractivity contribution in [2.75, 3.05) is 45.0 Å². The third kappa shape index (κ3) is 7.18. The number of rotatable bonds is 8. The third-order valence-corrected chi connectivity index (χ3v) is 7.83. The predicted octanol–water partition coefficient (Wildman–Crippen LogP) is 1.27. The lowest BCUT2D eigenvalue weighted by Gasteiger charge is -2.36. The number of guanidine groups is 1. The number of thiophene rings is 1. The number of nitrogens with zero attached hydrogens (tertiary/aromatic N) is 4. The Hall–Kier alpha value is -1.22. The predicted molar refractivity (Wildman–Crippen MR) is 127 cm³/mol. The second kappa shape index (κ2) is 12.0. The van der Waals surface area contributed by atoms with Crippen LogP contribution in [0.3, 0.4) is 0 Å². The smallest absolute Gasteiger partial charge is 0.194 e. The topological polar surface area (TPSA) is 111 Å². The summed E-state index contributed by atoms with van der Waals surface area (Å²) in [5, 5.41) is 19.1. The fourth-order valence-corrected chi connectivity index (χ4v) is 5.58. The zero-order chi connectivity index (χ0) is 20.7. The first-order valence-corrected chi connectivity index (χ1v) is 12.1. The molecule has 2 aromatic heterocycles. The molecule has 1 aliphatic heterocycles. The molecule has 30 heavy (non-hydrogen) atoms. The molecule has 3 rings (SSSR count). The van der Waals surface area contributed by atoms with E-state index in [4.69, 9.17) is 4.52 Å². The summed E-state index contributed by atoms with van der Waals surface area (Å²) < 4.78 is 29.8. The number of nitrogens with one attached hydrogen (secondary N) is 1. The number of aliphatic imine (C=N–C) groups is 1. The Kier molecular flexibility index (Phi) is 10.0. The molecular formula is C18H28IN5O4S2. The zero-order valence-corrected chi connectivity index (χ0v) is 20.8. The average molecular weight is 569 g/mol. The molecule has 1 saturated heterocycles. The van der Waals surface area contributed by atoms with Crippen LogP contribution in [0.5, 0.6) is 0 Å². The van der Waals surface area contributed by atoms with Gasteiger partial charge in [-0.2, -0.15) is 0 Å². The van der Waals surface area contributed by atoms with Crippen molar-refractivity contribution >= 4 is 51.1 Å². The van der Waals surface area contributed by atoms with Crippen molar-refractivity contribution in [3.8, 4) is 0 Å². The minimum Gasteiger partial charge on any atom is -0.390 e. The maximum atomic E-state index is 12.3. The third-order valence-electron chi connectivity index (χ3n) is 4.55. The van der Waals surface area contributed by atoms with Gasteiger partial charge >= 0.3 is 0 Å². The van der Waals surface area contributed by atoms with E-state index in [2.05, 4.69) is 25.3 Å². The monoisotopic (exact) mass is 569 g/mol. The minimum atomic E-state index is -3.49. The van der Waals surface area contributed by atoms with Crippen LogP contribution in [0.25, 0.3) is 0 Å². The van der Waals surface area contributed by atoms with E-state index in [1.54, 1.807) is 23.8 Å². The second-order valence-corrected chi connectivity index (χ2v) is 10.0. The van der Waals surface area contributed by atoms with Crippen LogP contribution in [0, 0.1) is 0 Å². The highest BCUT2D eigenvalue weighted by atomic mass is 127.